The normalized spacial score (nSPS) is 22.6. The second kappa shape index (κ2) is 6.48. The van der Waals surface area contributed by atoms with Crippen LogP contribution in [-0.4, -0.2) is 16.2 Å². The Bertz CT molecular complexity index is 572. The predicted octanol–water partition coefficient (Wildman–Crippen LogP) is 4.04. The Morgan fingerprint density at radius 2 is 2.29 bits per heavy atom. The molecule has 0 radical (unpaired) electrons. The molecule has 2 N–H and O–H groups in total. The first-order valence-corrected chi connectivity index (χ1v) is 8.08. The summed E-state index contributed by atoms with van der Waals surface area (Å²) in [5.74, 6) is 2.70. The van der Waals surface area contributed by atoms with Gasteiger partial charge < -0.3 is 9.73 Å². The van der Waals surface area contributed by atoms with Crippen molar-refractivity contribution >= 4 is 0 Å². The number of aromatic nitrogens is 2. The molecule has 114 valence electrons. The molecular formula is C17H25N3O. The first-order valence-electron chi connectivity index (χ1n) is 8.08. The van der Waals surface area contributed by atoms with E-state index in [1.807, 2.05) is 25.3 Å². The van der Waals surface area contributed by atoms with E-state index in [-0.39, 0.29) is 0 Å². The molecule has 0 bridgehead atoms. The molecule has 0 saturated heterocycles. The molecule has 1 saturated carbocycles. The maximum absolute atomic E-state index is 5.70. The highest BCUT2D eigenvalue weighted by Crippen LogP contribution is 2.27. The molecule has 2 unspecified atom stereocenters. The summed E-state index contributed by atoms with van der Waals surface area (Å²) in [6.07, 6.45) is 8.57. The standard InChI is InChI=1S/C17H25N3O/c1-3-13-5-4-6-15(9-13)18-10-14-11-19-20-17(14)16-8-7-12(2)21-16/h7-8,11,13,15,18H,3-6,9-10H2,1-2H3,(H,19,20). The molecule has 0 amide bonds. The molecule has 0 aromatic carbocycles. The number of aromatic amines is 1. The number of furan rings is 1. The monoisotopic (exact) mass is 287 g/mol. The number of aryl methyl sites for hydroxylation is 1. The number of nitrogens with one attached hydrogen (secondary N) is 2. The highest BCUT2D eigenvalue weighted by molar-refractivity contribution is 5.56. The molecule has 2 heterocycles. The van der Waals surface area contributed by atoms with Gasteiger partial charge in [0.2, 0.25) is 0 Å². The summed E-state index contributed by atoms with van der Waals surface area (Å²) in [4.78, 5) is 0. The summed E-state index contributed by atoms with van der Waals surface area (Å²) >= 11 is 0. The van der Waals surface area contributed by atoms with Gasteiger partial charge >= 0.3 is 0 Å². The van der Waals surface area contributed by atoms with Crippen molar-refractivity contribution in [3.8, 4) is 11.5 Å². The molecule has 2 aromatic rings. The Kier molecular flexibility index (Phi) is 4.44. The molecule has 0 aliphatic heterocycles. The van der Waals surface area contributed by atoms with Gasteiger partial charge in [-0.05, 0) is 37.8 Å². The van der Waals surface area contributed by atoms with E-state index in [0.29, 0.717) is 6.04 Å². The van der Waals surface area contributed by atoms with Crippen LogP contribution in [0.2, 0.25) is 0 Å². The number of nitrogens with zero attached hydrogens (tertiary/aromatic N) is 1. The fraction of sp³-hybridized carbons (Fsp3) is 0.588. The van der Waals surface area contributed by atoms with Gasteiger partial charge in [0.25, 0.3) is 0 Å². The maximum Gasteiger partial charge on any atom is 0.152 e. The predicted molar refractivity (Wildman–Crippen MR) is 83.9 cm³/mol. The average molecular weight is 287 g/mol. The Morgan fingerprint density at radius 3 is 3.05 bits per heavy atom. The van der Waals surface area contributed by atoms with Gasteiger partial charge in [-0.2, -0.15) is 5.10 Å². The summed E-state index contributed by atoms with van der Waals surface area (Å²) in [5.41, 5.74) is 2.18. The van der Waals surface area contributed by atoms with E-state index in [4.69, 9.17) is 4.42 Å². The van der Waals surface area contributed by atoms with Crippen LogP contribution in [0.25, 0.3) is 11.5 Å². The number of hydrogen-bond acceptors (Lipinski definition) is 3. The van der Waals surface area contributed by atoms with Crippen LogP contribution in [0.1, 0.15) is 50.4 Å². The summed E-state index contributed by atoms with van der Waals surface area (Å²) in [6, 6.07) is 4.63. The van der Waals surface area contributed by atoms with Crippen molar-refractivity contribution < 1.29 is 4.42 Å². The Hall–Kier alpha value is -1.55. The van der Waals surface area contributed by atoms with Gasteiger partial charge in [0.1, 0.15) is 11.5 Å². The third-order valence-electron chi connectivity index (χ3n) is 4.65. The quantitative estimate of drug-likeness (QED) is 0.872. The van der Waals surface area contributed by atoms with Crippen LogP contribution in [0.15, 0.2) is 22.7 Å². The topological polar surface area (TPSA) is 53.9 Å². The summed E-state index contributed by atoms with van der Waals surface area (Å²) in [5, 5.41) is 10.9. The van der Waals surface area contributed by atoms with E-state index >= 15 is 0 Å². The van der Waals surface area contributed by atoms with Crippen LogP contribution in [0, 0.1) is 12.8 Å². The largest absolute Gasteiger partial charge is 0.460 e. The number of H-pyrrole nitrogens is 1. The van der Waals surface area contributed by atoms with Gasteiger partial charge in [-0.25, -0.2) is 0 Å². The summed E-state index contributed by atoms with van der Waals surface area (Å²) in [6.45, 7) is 5.12. The van der Waals surface area contributed by atoms with Gasteiger partial charge in [-0.1, -0.05) is 26.2 Å². The van der Waals surface area contributed by atoms with Crippen LogP contribution < -0.4 is 5.32 Å². The molecule has 1 aliphatic carbocycles. The molecule has 1 aliphatic rings. The lowest BCUT2D eigenvalue weighted by atomic mass is 9.84. The molecule has 2 aromatic heterocycles. The zero-order valence-electron chi connectivity index (χ0n) is 13.0. The van der Waals surface area contributed by atoms with E-state index in [0.717, 1.165) is 29.7 Å². The smallest absolute Gasteiger partial charge is 0.152 e. The lowest BCUT2D eigenvalue weighted by molar-refractivity contribution is 0.278. The SMILES string of the molecule is CCC1CCCC(NCc2cn[nH]c2-c2ccc(C)o2)C1. The Balaban J connectivity index is 1.62. The Labute approximate surface area is 126 Å². The van der Waals surface area contributed by atoms with Gasteiger partial charge in [-0.15, -0.1) is 0 Å². The number of hydrogen-bond donors (Lipinski definition) is 2. The molecule has 1 fully saturated rings. The average Bonchev–Trinajstić information content (AvgIpc) is 3.13. The zero-order chi connectivity index (χ0) is 14.7. The van der Waals surface area contributed by atoms with Gasteiger partial charge in [0.05, 0.1) is 6.20 Å². The van der Waals surface area contributed by atoms with Crippen LogP contribution in [0.4, 0.5) is 0 Å². The van der Waals surface area contributed by atoms with Gasteiger partial charge in [0.15, 0.2) is 5.76 Å². The third kappa shape index (κ3) is 3.38. The molecule has 0 spiro atoms. The van der Waals surface area contributed by atoms with E-state index in [1.54, 1.807) is 0 Å². The first kappa shape index (κ1) is 14.4. The van der Waals surface area contributed by atoms with E-state index < -0.39 is 0 Å². The second-order valence-corrected chi connectivity index (χ2v) is 6.20. The minimum atomic E-state index is 0.643. The molecule has 2 atom stereocenters. The first-order chi connectivity index (χ1) is 10.3. The van der Waals surface area contributed by atoms with Crippen molar-refractivity contribution in [3.63, 3.8) is 0 Å². The van der Waals surface area contributed by atoms with Gasteiger partial charge in [0, 0.05) is 18.2 Å². The van der Waals surface area contributed by atoms with Crippen molar-refractivity contribution in [1.82, 2.24) is 15.5 Å². The lowest BCUT2D eigenvalue weighted by Gasteiger charge is -2.29. The molecule has 21 heavy (non-hydrogen) atoms. The van der Waals surface area contributed by atoms with Crippen molar-refractivity contribution in [2.75, 3.05) is 0 Å². The van der Waals surface area contributed by atoms with Crippen LogP contribution in [0.5, 0.6) is 0 Å². The molecule has 4 heteroatoms. The lowest BCUT2D eigenvalue weighted by Crippen LogP contribution is -2.33. The van der Waals surface area contributed by atoms with E-state index in [9.17, 15) is 0 Å². The van der Waals surface area contributed by atoms with Crippen molar-refractivity contribution in [3.05, 3.63) is 29.7 Å². The second-order valence-electron chi connectivity index (χ2n) is 6.20. The number of rotatable bonds is 5. The highest BCUT2D eigenvalue weighted by atomic mass is 16.3. The Morgan fingerprint density at radius 1 is 1.38 bits per heavy atom. The fourth-order valence-corrected chi connectivity index (χ4v) is 3.33. The molecule has 3 rings (SSSR count). The zero-order valence-corrected chi connectivity index (χ0v) is 13.0. The van der Waals surface area contributed by atoms with Crippen molar-refractivity contribution in [2.45, 2.75) is 58.5 Å². The van der Waals surface area contributed by atoms with Crippen LogP contribution >= 0.6 is 0 Å². The summed E-state index contributed by atoms with van der Waals surface area (Å²) < 4.78 is 5.70. The third-order valence-corrected chi connectivity index (χ3v) is 4.65. The van der Waals surface area contributed by atoms with E-state index in [1.165, 1.54) is 37.7 Å². The molecule has 4 nitrogen and oxygen atoms in total. The van der Waals surface area contributed by atoms with E-state index in [2.05, 4.69) is 22.4 Å². The van der Waals surface area contributed by atoms with Gasteiger partial charge in [-0.3, -0.25) is 5.10 Å². The maximum atomic E-state index is 5.70. The minimum absolute atomic E-state index is 0.643. The van der Waals surface area contributed by atoms with Crippen molar-refractivity contribution in [1.29, 1.82) is 0 Å². The highest BCUT2D eigenvalue weighted by Gasteiger charge is 2.21. The van der Waals surface area contributed by atoms with Crippen molar-refractivity contribution in [2.24, 2.45) is 5.92 Å². The minimum Gasteiger partial charge on any atom is -0.460 e. The van der Waals surface area contributed by atoms with Crippen LogP contribution in [0.3, 0.4) is 0 Å². The van der Waals surface area contributed by atoms with Crippen LogP contribution in [-0.2, 0) is 6.54 Å². The summed E-state index contributed by atoms with van der Waals surface area (Å²) in [7, 11) is 0. The fourth-order valence-electron chi connectivity index (χ4n) is 3.33. The molecular weight excluding hydrogens is 262 g/mol.